The number of hydrogen-bond donors (Lipinski definition) is 4. The molecule has 0 unspecified atom stereocenters. The van der Waals surface area contributed by atoms with Gasteiger partial charge in [0.1, 0.15) is 11.6 Å². The zero-order chi connectivity index (χ0) is 47.2. The van der Waals surface area contributed by atoms with E-state index in [0.717, 1.165) is 88.8 Å². The van der Waals surface area contributed by atoms with Gasteiger partial charge >= 0.3 is 26.3 Å². The van der Waals surface area contributed by atoms with Gasteiger partial charge in [0, 0.05) is 105 Å². The normalized spacial score (nSPS) is 18.0. The molecule has 0 bridgehead atoms. The van der Waals surface area contributed by atoms with Crippen LogP contribution in [0, 0.1) is 0 Å². The third-order valence-electron chi connectivity index (χ3n) is 12.2. The molecule has 10 rings (SSSR count). The number of pyridine rings is 5. The van der Waals surface area contributed by atoms with Gasteiger partial charge in [-0.05, 0) is 132 Å². The SMILES string of the molecule is Brc1cncc(C2COC2)c1.CC1(C)OB(c2cnc3c(c2)CCCN3C(N)=O)OC1(C)C.NC(=O)N1CCCc2cc(-c3cncc(C4COC4)c3)cnc21.OB(O)c1cncc(Br)c1. The van der Waals surface area contributed by atoms with Crippen molar-refractivity contribution in [1.82, 2.24) is 24.9 Å². The highest BCUT2D eigenvalue weighted by Crippen LogP contribution is 2.37. The number of carbonyl (C=O) groups excluding carboxylic acids is 2. The van der Waals surface area contributed by atoms with Crippen molar-refractivity contribution < 1.29 is 38.4 Å². The highest BCUT2D eigenvalue weighted by molar-refractivity contribution is 9.10. The number of rotatable bonds is 5. The van der Waals surface area contributed by atoms with Crippen molar-refractivity contribution in [2.75, 3.05) is 49.3 Å². The minimum atomic E-state index is -1.44. The number of hydrogen-bond acceptors (Lipinski definition) is 13. The topological polar surface area (TPSA) is 234 Å². The van der Waals surface area contributed by atoms with Gasteiger partial charge in [0.2, 0.25) is 0 Å². The van der Waals surface area contributed by atoms with E-state index in [0.29, 0.717) is 42.0 Å². The quantitative estimate of drug-likeness (QED) is 0.174. The molecule has 0 aromatic carbocycles. The number of halogens is 2. The fourth-order valence-corrected chi connectivity index (χ4v) is 8.32. The standard InChI is InChI=1S/C17H18N4O2.C15H22BN3O3.C8H8BrNO.C5H5BBrNO2/c18-17(22)21-3-1-2-11-4-14(8-20-16(11)21)12-5-13(7-19-6-12)15-9-23-10-15;1-14(2)15(3,4)22-16(21-14)11-8-10-6-5-7-19(13(17)20)12(10)18-9-11;9-8-1-6(2-10-3-8)7-4-11-5-7;7-5-1-4(6(9)10)2-8-3-5/h4-8,15H,1-3,9-10H2,(H2,18,22);8-9H,5-7H2,1-4H3,(H2,17,20);1-3,7H,4-5H2;1-3,9-10H. The first-order valence-electron chi connectivity index (χ1n) is 21.6. The molecule has 17 nitrogen and oxygen atoms in total. The first-order valence-corrected chi connectivity index (χ1v) is 23.2. The fourth-order valence-electron chi connectivity index (χ4n) is 7.56. The summed E-state index contributed by atoms with van der Waals surface area (Å²) in [6.45, 7) is 12.6. The fraction of sp³-hybridized carbons (Fsp3) is 0.400. The summed E-state index contributed by atoms with van der Waals surface area (Å²) in [5.74, 6) is 2.35. The molecule has 5 aliphatic heterocycles. The second-order valence-corrected chi connectivity index (χ2v) is 19.3. The molecule has 5 aromatic heterocycles. The molecule has 66 heavy (non-hydrogen) atoms. The van der Waals surface area contributed by atoms with Gasteiger partial charge in [0.25, 0.3) is 0 Å². The van der Waals surface area contributed by atoms with E-state index < -0.39 is 26.3 Å². The van der Waals surface area contributed by atoms with Gasteiger partial charge in [0.05, 0.1) is 37.6 Å². The van der Waals surface area contributed by atoms with E-state index in [1.807, 2.05) is 52.4 Å². The van der Waals surface area contributed by atoms with E-state index in [4.69, 9.17) is 40.3 Å². The van der Waals surface area contributed by atoms with E-state index in [1.165, 1.54) is 22.2 Å². The van der Waals surface area contributed by atoms with Crippen molar-refractivity contribution in [3.63, 3.8) is 0 Å². The lowest BCUT2D eigenvalue weighted by Gasteiger charge is -2.32. The number of carbonyl (C=O) groups is 2. The number of aromatic nitrogens is 5. The van der Waals surface area contributed by atoms with Gasteiger partial charge < -0.3 is 40.3 Å². The molecular weight excluding hydrogens is 976 g/mol. The highest BCUT2D eigenvalue weighted by Gasteiger charge is 2.52. The Kier molecular flexibility index (Phi) is 15.9. The summed E-state index contributed by atoms with van der Waals surface area (Å²) in [7, 11) is -1.88. The van der Waals surface area contributed by atoms with Gasteiger partial charge in [-0.15, -0.1) is 0 Å². The lowest BCUT2D eigenvalue weighted by Crippen LogP contribution is -2.41. The average Bonchev–Trinajstić information content (AvgIpc) is 3.47. The molecule has 5 aromatic rings. The lowest BCUT2D eigenvalue weighted by molar-refractivity contribution is 0.00578. The van der Waals surface area contributed by atoms with Gasteiger partial charge in [0.15, 0.2) is 0 Å². The van der Waals surface area contributed by atoms with Crippen molar-refractivity contribution in [3.05, 3.63) is 111 Å². The van der Waals surface area contributed by atoms with Crippen LogP contribution in [0.5, 0.6) is 0 Å². The Morgan fingerprint density at radius 1 is 0.667 bits per heavy atom. The molecule has 5 aliphatic rings. The number of urea groups is 2. The largest absolute Gasteiger partial charge is 0.496 e. The van der Waals surface area contributed by atoms with E-state index in [9.17, 15) is 9.59 Å². The number of aryl methyl sites for hydroxylation is 2. The second-order valence-electron chi connectivity index (χ2n) is 17.5. The maximum atomic E-state index is 11.5. The summed E-state index contributed by atoms with van der Waals surface area (Å²) in [4.78, 5) is 47.2. The first kappa shape index (κ1) is 49.1. The third-order valence-corrected chi connectivity index (χ3v) is 13.1. The van der Waals surface area contributed by atoms with Crippen LogP contribution >= 0.6 is 31.9 Å². The van der Waals surface area contributed by atoms with Crippen molar-refractivity contribution in [2.45, 2.75) is 76.4 Å². The molecular formula is C45H53B2Br2N9O8. The van der Waals surface area contributed by atoms with Gasteiger partial charge in [-0.3, -0.25) is 24.8 Å². The van der Waals surface area contributed by atoms with Crippen LogP contribution in [0.3, 0.4) is 0 Å². The van der Waals surface area contributed by atoms with Crippen molar-refractivity contribution in [1.29, 1.82) is 0 Å². The second kappa shape index (κ2) is 21.4. The van der Waals surface area contributed by atoms with Crippen LogP contribution in [-0.2, 0) is 31.6 Å². The van der Waals surface area contributed by atoms with Gasteiger partial charge in [-0.2, -0.15) is 0 Å². The van der Waals surface area contributed by atoms with Gasteiger partial charge in [-0.25, -0.2) is 19.6 Å². The number of amides is 4. The van der Waals surface area contributed by atoms with E-state index in [1.54, 1.807) is 35.8 Å². The predicted molar refractivity (Wildman–Crippen MR) is 259 cm³/mol. The molecule has 0 spiro atoms. The average molecular weight is 1030 g/mol. The number of ether oxygens (including phenoxy) is 2. The molecule has 0 saturated carbocycles. The Morgan fingerprint density at radius 2 is 1.15 bits per heavy atom. The summed E-state index contributed by atoms with van der Waals surface area (Å²) < 4.78 is 24.2. The highest BCUT2D eigenvalue weighted by atomic mass is 79.9. The smallest absolute Gasteiger partial charge is 0.423 e. The Labute approximate surface area is 401 Å². The molecule has 0 atom stereocenters. The molecule has 6 N–H and O–H groups in total. The number of nitrogens with two attached hydrogens (primary N) is 2. The maximum Gasteiger partial charge on any atom is 0.496 e. The van der Waals surface area contributed by atoms with E-state index in [2.05, 4.69) is 75.0 Å². The van der Waals surface area contributed by atoms with Crippen molar-refractivity contribution >= 4 is 80.7 Å². The first-order chi connectivity index (χ1) is 31.5. The Morgan fingerprint density at radius 3 is 1.64 bits per heavy atom. The van der Waals surface area contributed by atoms with Crippen LogP contribution in [0.25, 0.3) is 11.1 Å². The lowest BCUT2D eigenvalue weighted by atomic mass is 9.79. The predicted octanol–water partition coefficient (Wildman–Crippen LogP) is 4.78. The van der Waals surface area contributed by atoms with Crippen LogP contribution in [0.4, 0.5) is 21.2 Å². The van der Waals surface area contributed by atoms with Crippen LogP contribution in [-0.4, -0.2) is 112 Å². The van der Waals surface area contributed by atoms with Crippen LogP contribution in [0.1, 0.15) is 74.6 Å². The molecule has 21 heteroatoms. The number of primary amides is 2. The van der Waals surface area contributed by atoms with Crippen LogP contribution in [0.2, 0.25) is 0 Å². The minimum Gasteiger partial charge on any atom is -0.423 e. The Balaban J connectivity index is 0.000000139. The van der Waals surface area contributed by atoms with Crippen molar-refractivity contribution in [3.8, 4) is 11.1 Å². The summed E-state index contributed by atoms with van der Waals surface area (Å²) in [5.41, 5.74) is 17.9. The summed E-state index contributed by atoms with van der Waals surface area (Å²) in [5, 5.41) is 17.3. The number of anilines is 2. The molecule has 0 aliphatic carbocycles. The molecule has 10 heterocycles. The number of nitrogens with zero attached hydrogens (tertiary/aromatic N) is 7. The minimum absolute atomic E-state index is 0.382. The zero-order valence-electron chi connectivity index (χ0n) is 37.3. The Hall–Kier alpha value is -4.86. The zero-order valence-corrected chi connectivity index (χ0v) is 40.4. The Bertz CT molecular complexity index is 2500. The van der Waals surface area contributed by atoms with E-state index in [-0.39, 0.29) is 11.2 Å². The number of fused-ring (bicyclic) bond motifs is 2. The van der Waals surface area contributed by atoms with Crippen LogP contribution < -0.4 is 32.2 Å². The summed E-state index contributed by atoms with van der Waals surface area (Å²) >= 11 is 6.53. The molecule has 3 fully saturated rings. The monoisotopic (exact) mass is 1030 g/mol. The molecule has 0 radical (unpaired) electrons. The summed E-state index contributed by atoms with van der Waals surface area (Å²) in [6.07, 6.45) is 17.5. The molecule has 3 saturated heterocycles. The maximum absolute atomic E-state index is 11.5. The summed E-state index contributed by atoms with van der Waals surface area (Å²) in [6, 6.07) is 9.04. The molecule has 346 valence electrons. The van der Waals surface area contributed by atoms with Crippen molar-refractivity contribution in [2.24, 2.45) is 11.5 Å². The molecule has 4 amide bonds. The van der Waals surface area contributed by atoms with Crippen LogP contribution in [0.15, 0.2) is 88.9 Å². The van der Waals surface area contributed by atoms with Gasteiger partial charge in [-0.1, -0.05) is 6.07 Å². The third kappa shape index (κ3) is 11.8. The van der Waals surface area contributed by atoms with E-state index >= 15 is 0 Å².